The summed E-state index contributed by atoms with van der Waals surface area (Å²) in [4.78, 5) is 10.1. The maximum absolute atomic E-state index is 13.2. The minimum atomic E-state index is -0.581. The van der Waals surface area contributed by atoms with Crippen molar-refractivity contribution in [2.45, 2.75) is 13.5 Å². The molecule has 7 heteroatoms. The van der Waals surface area contributed by atoms with E-state index in [1.807, 2.05) is 6.07 Å². The zero-order valence-electron chi connectivity index (χ0n) is 10.00. The standard InChI is InChI=1S/C12H9FN4O2/c1-8-6-16(15-12(8)17(18)19)7-10-4-11(13)3-2-9(10)5-14/h2-4,6H,7H2,1H3. The summed E-state index contributed by atoms with van der Waals surface area (Å²) in [6.07, 6.45) is 1.49. The van der Waals surface area contributed by atoms with Crippen molar-refractivity contribution in [3.05, 3.63) is 57.0 Å². The smallest absolute Gasteiger partial charge is 0.358 e. The van der Waals surface area contributed by atoms with Gasteiger partial charge in [-0.25, -0.2) is 4.39 Å². The Morgan fingerprint density at radius 1 is 1.58 bits per heavy atom. The molecule has 0 radical (unpaired) electrons. The molecule has 0 spiro atoms. The van der Waals surface area contributed by atoms with Crippen LogP contribution in [0.5, 0.6) is 0 Å². The van der Waals surface area contributed by atoms with Crippen LogP contribution in [0.15, 0.2) is 24.4 Å². The van der Waals surface area contributed by atoms with E-state index in [9.17, 15) is 14.5 Å². The summed E-state index contributed by atoms with van der Waals surface area (Å²) in [6, 6.07) is 5.73. The first-order valence-corrected chi connectivity index (χ1v) is 5.38. The first-order valence-electron chi connectivity index (χ1n) is 5.38. The molecule has 0 bridgehead atoms. The van der Waals surface area contributed by atoms with Crippen LogP contribution in [0.25, 0.3) is 0 Å². The lowest BCUT2D eigenvalue weighted by Gasteiger charge is -2.01. The molecule has 1 heterocycles. The first kappa shape index (κ1) is 12.7. The third-order valence-corrected chi connectivity index (χ3v) is 2.61. The quantitative estimate of drug-likeness (QED) is 0.625. The summed E-state index contributed by atoms with van der Waals surface area (Å²) >= 11 is 0. The number of nitro groups is 1. The Hall–Kier alpha value is -2.75. The molecule has 0 saturated carbocycles. The number of halogens is 1. The number of hydrogen-bond acceptors (Lipinski definition) is 4. The SMILES string of the molecule is Cc1cn(Cc2cc(F)ccc2C#N)nc1[N+](=O)[O-]. The number of aromatic nitrogens is 2. The zero-order chi connectivity index (χ0) is 14.0. The number of hydrogen-bond donors (Lipinski definition) is 0. The van der Waals surface area contributed by atoms with Gasteiger partial charge in [-0.1, -0.05) is 0 Å². The molecule has 1 aromatic heterocycles. The minimum absolute atomic E-state index is 0.106. The molecule has 0 amide bonds. The lowest BCUT2D eigenvalue weighted by atomic mass is 10.1. The van der Waals surface area contributed by atoms with E-state index in [1.54, 1.807) is 6.92 Å². The summed E-state index contributed by atoms with van der Waals surface area (Å²) < 4.78 is 14.5. The molecule has 0 atom stereocenters. The number of nitriles is 1. The first-order chi connectivity index (χ1) is 9.01. The van der Waals surface area contributed by atoms with Crippen LogP contribution < -0.4 is 0 Å². The summed E-state index contributed by atoms with van der Waals surface area (Å²) in [5, 5.41) is 23.4. The average Bonchev–Trinajstić information content (AvgIpc) is 2.71. The largest absolute Gasteiger partial charge is 0.392 e. The Morgan fingerprint density at radius 3 is 2.89 bits per heavy atom. The predicted octanol–water partition coefficient (Wildman–Crippen LogP) is 2.16. The van der Waals surface area contributed by atoms with Crippen molar-refractivity contribution in [1.29, 1.82) is 5.26 Å². The van der Waals surface area contributed by atoms with E-state index in [2.05, 4.69) is 5.10 Å². The number of nitrogens with zero attached hydrogens (tertiary/aromatic N) is 4. The molecule has 0 unspecified atom stereocenters. The molecular weight excluding hydrogens is 251 g/mol. The molecule has 19 heavy (non-hydrogen) atoms. The third-order valence-electron chi connectivity index (χ3n) is 2.61. The fourth-order valence-electron chi connectivity index (χ4n) is 1.75. The van der Waals surface area contributed by atoms with Crippen LogP contribution in [0.2, 0.25) is 0 Å². The van der Waals surface area contributed by atoms with E-state index in [0.717, 1.165) is 0 Å². The maximum Gasteiger partial charge on any atom is 0.392 e. The Bertz CT molecular complexity index is 688. The average molecular weight is 260 g/mol. The van der Waals surface area contributed by atoms with Gasteiger partial charge < -0.3 is 10.1 Å². The van der Waals surface area contributed by atoms with Gasteiger partial charge in [-0.3, -0.25) is 0 Å². The summed E-state index contributed by atoms with van der Waals surface area (Å²) in [5.74, 6) is -0.706. The van der Waals surface area contributed by atoms with Crippen molar-refractivity contribution in [3.8, 4) is 6.07 Å². The second-order valence-electron chi connectivity index (χ2n) is 4.00. The summed E-state index contributed by atoms with van der Waals surface area (Å²) in [6.45, 7) is 1.67. The van der Waals surface area contributed by atoms with Crippen LogP contribution in [-0.4, -0.2) is 14.7 Å². The second kappa shape index (κ2) is 4.86. The maximum atomic E-state index is 13.2. The van der Waals surface area contributed by atoms with Crippen molar-refractivity contribution >= 4 is 5.82 Å². The number of benzene rings is 1. The minimum Gasteiger partial charge on any atom is -0.358 e. The Kier molecular flexibility index (Phi) is 3.25. The Labute approximate surface area is 107 Å². The molecule has 1 aromatic carbocycles. The highest BCUT2D eigenvalue weighted by Gasteiger charge is 2.17. The van der Waals surface area contributed by atoms with Gasteiger partial charge in [0.25, 0.3) is 0 Å². The lowest BCUT2D eigenvalue weighted by molar-refractivity contribution is -0.390. The van der Waals surface area contributed by atoms with Crippen molar-refractivity contribution < 1.29 is 9.31 Å². The van der Waals surface area contributed by atoms with Crippen LogP contribution in [-0.2, 0) is 6.54 Å². The van der Waals surface area contributed by atoms with Gasteiger partial charge in [-0.05, 0) is 35.6 Å². The highest BCUT2D eigenvalue weighted by atomic mass is 19.1. The van der Waals surface area contributed by atoms with Gasteiger partial charge in [0.2, 0.25) is 0 Å². The van der Waals surface area contributed by atoms with E-state index >= 15 is 0 Å². The van der Waals surface area contributed by atoms with Crippen LogP contribution in [0.1, 0.15) is 16.7 Å². The molecule has 96 valence electrons. The van der Waals surface area contributed by atoms with E-state index in [4.69, 9.17) is 5.26 Å². The molecule has 6 nitrogen and oxygen atoms in total. The van der Waals surface area contributed by atoms with Crippen molar-refractivity contribution in [3.63, 3.8) is 0 Å². The highest BCUT2D eigenvalue weighted by Crippen LogP contribution is 2.17. The molecule has 0 N–H and O–H groups in total. The molecule has 0 aliphatic carbocycles. The Balaban J connectivity index is 2.36. The van der Waals surface area contributed by atoms with Gasteiger partial charge >= 0.3 is 5.82 Å². The summed E-state index contributed by atoms with van der Waals surface area (Å²) in [7, 11) is 0. The monoisotopic (exact) mass is 260 g/mol. The van der Waals surface area contributed by atoms with Gasteiger partial charge in [0, 0.05) is 0 Å². The van der Waals surface area contributed by atoms with Gasteiger partial charge in [0.1, 0.15) is 5.82 Å². The number of aryl methyl sites for hydroxylation is 1. The topological polar surface area (TPSA) is 84.8 Å². The zero-order valence-corrected chi connectivity index (χ0v) is 10.00. The summed E-state index contributed by atoms with van der Waals surface area (Å²) in [5.41, 5.74) is 1.16. The molecule has 2 rings (SSSR count). The fourth-order valence-corrected chi connectivity index (χ4v) is 1.75. The lowest BCUT2D eigenvalue weighted by Crippen LogP contribution is -2.03. The normalized spacial score (nSPS) is 10.2. The van der Waals surface area contributed by atoms with E-state index < -0.39 is 10.7 Å². The van der Waals surface area contributed by atoms with Gasteiger partial charge in [0.05, 0.1) is 35.0 Å². The van der Waals surface area contributed by atoms with Crippen LogP contribution >= 0.6 is 0 Å². The van der Waals surface area contributed by atoms with E-state index in [0.29, 0.717) is 16.7 Å². The van der Waals surface area contributed by atoms with Crippen LogP contribution in [0.4, 0.5) is 10.2 Å². The van der Waals surface area contributed by atoms with Gasteiger partial charge in [-0.15, -0.1) is 0 Å². The van der Waals surface area contributed by atoms with Gasteiger partial charge in [-0.2, -0.15) is 9.94 Å². The molecule has 0 aliphatic heterocycles. The van der Waals surface area contributed by atoms with E-state index in [-0.39, 0.29) is 12.4 Å². The van der Waals surface area contributed by atoms with Crippen molar-refractivity contribution in [2.24, 2.45) is 0 Å². The second-order valence-corrected chi connectivity index (χ2v) is 4.00. The van der Waals surface area contributed by atoms with Gasteiger partial charge in [0.15, 0.2) is 0 Å². The third kappa shape index (κ3) is 2.57. The van der Waals surface area contributed by atoms with Crippen molar-refractivity contribution in [2.75, 3.05) is 0 Å². The fraction of sp³-hybridized carbons (Fsp3) is 0.167. The van der Waals surface area contributed by atoms with Crippen LogP contribution in [0, 0.1) is 34.2 Å². The van der Waals surface area contributed by atoms with Crippen LogP contribution in [0.3, 0.4) is 0 Å². The van der Waals surface area contributed by atoms with Crippen molar-refractivity contribution in [1.82, 2.24) is 9.78 Å². The predicted molar refractivity (Wildman–Crippen MR) is 63.8 cm³/mol. The number of rotatable bonds is 3. The molecule has 2 aromatic rings. The van der Waals surface area contributed by atoms with E-state index in [1.165, 1.54) is 29.1 Å². The molecule has 0 aliphatic rings. The molecular formula is C12H9FN4O2. The molecule has 0 saturated heterocycles. The Morgan fingerprint density at radius 2 is 2.32 bits per heavy atom. The highest BCUT2D eigenvalue weighted by molar-refractivity contribution is 5.38. The molecule has 0 fully saturated rings.